The molecule has 0 saturated carbocycles. The Morgan fingerprint density at radius 1 is 1.10 bits per heavy atom. The van der Waals surface area contributed by atoms with Gasteiger partial charge in [0, 0.05) is 51.9 Å². The van der Waals surface area contributed by atoms with Crippen molar-refractivity contribution < 1.29 is 56.0 Å². The maximum absolute atomic E-state index is 13.3. The zero-order valence-corrected chi connectivity index (χ0v) is 28.1. The summed E-state index contributed by atoms with van der Waals surface area (Å²) in [5, 5.41) is 26.7. The molecule has 14 heteroatoms. The number of likely N-dealkylation sites (N-methyl/N-ethyl adjacent to an activating group) is 1. The van der Waals surface area contributed by atoms with Crippen molar-refractivity contribution in [2.45, 2.75) is 70.1 Å². The van der Waals surface area contributed by atoms with Crippen LogP contribution in [-0.2, 0) is 28.6 Å². The largest absolute Gasteiger partial charge is 0.504 e. The smallest absolute Gasteiger partial charge is 0.416 e. The Hall–Kier alpha value is -4.79. The van der Waals surface area contributed by atoms with Gasteiger partial charge >= 0.3 is 12.1 Å². The van der Waals surface area contributed by atoms with E-state index >= 15 is 0 Å². The van der Waals surface area contributed by atoms with Gasteiger partial charge in [0.2, 0.25) is 12.7 Å². The molecule has 0 spiro atoms. The highest BCUT2D eigenvalue weighted by Gasteiger charge is 2.56. The number of esters is 1. The fourth-order valence-electron chi connectivity index (χ4n) is 8.28. The third-order valence-electron chi connectivity index (χ3n) is 10.4. The van der Waals surface area contributed by atoms with E-state index in [1.807, 2.05) is 29.8 Å². The number of amides is 1. The van der Waals surface area contributed by atoms with Gasteiger partial charge in [-0.3, -0.25) is 19.4 Å². The first-order valence-corrected chi connectivity index (χ1v) is 16.3. The Morgan fingerprint density at radius 3 is 2.51 bits per heavy atom. The number of phenolic OH excluding ortho intramolecular Hbond substituents is 1. The second-order valence-electron chi connectivity index (χ2n) is 13.2. The lowest BCUT2D eigenvalue weighted by atomic mass is 9.73. The van der Waals surface area contributed by atoms with Crippen molar-refractivity contribution in [3.05, 3.63) is 80.9 Å². The summed E-state index contributed by atoms with van der Waals surface area (Å²) in [4.78, 5) is 30.0. The maximum Gasteiger partial charge on any atom is 0.416 e. The van der Waals surface area contributed by atoms with Crippen molar-refractivity contribution in [3.63, 3.8) is 0 Å². The SMILES string of the molecule is [2H]C([2H])([2H])C(=O)Oc1c(C)c2c(c3c1C[C@H]1[C@H]4c5c(cc(C)c(OC)c5O)C[C@@H]([C@H](O)N1[C@H]3CN[13C](=O)/[13CH]=C/c1ccc(C(F)(F)F)cc1)N4C)OCO2. The monoisotopic (exact) mass is 714 g/mol. The second kappa shape index (κ2) is 12.8. The first-order valence-electron chi connectivity index (χ1n) is 17.8. The first-order chi connectivity index (χ1) is 25.4. The van der Waals surface area contributed by atoms with Crippen LogP contribution in [0.15, 0.2) is 36.4 Å². The molecule has 0 unspecified atom stereocenters. The summed E-state index contributed by atoms with van der Waals surface area (Å²) in [5.41, 5.74) is 2.78. The predicted octanol–water partition coefficient (Wildman–Crippen LogP) is 4.72. The van der Waals surface area contributed by atoms with E-state index in [-0.39, 0.29) is 42.8 Å². The minimum atomic E-state index is -4.51. The summed E-state index contributed by atoms with van der Waals surface area (Å²) in [5.74, 6) is -1.37. The van der Waals surface area contributed by atoms with Gasteiger partial charge in [0.25, 0.3) is 0 Å². The third-order valence-corrected chi connectivity index (χ3v) is 10.4. The molecule has 3 N–H and O–H groups in total. The Morgan fingerprint density at radius 2 is 1.82 bits per heavy atom. The van der Waals surface area contributed by atoms with E-state index in [9.17, 15) is 33.0 Å². The number of phenols is 1. The van der Waals surface area contributed by atoms with Crippen LogP contribution in [0.5, 0.6) is 28.7 Å². The Kier molecular flexibility index (Phi) is 7.75. The number of carbonyl (C=O) groups excluding carboxylic acids is 2. The van der Waals surface area contributed by atoms with Gasteiger partial charge in [0.05, 0.1) is 30.8 Å². The van der Waals surface area contributed by atoms with Gasteiger partial charge < -0.3 is 34.5 Å². The predicted molar refractivity (Wildman–Crippen MR) is 178 cm³/mol. The average Bonchev–Trinajstić information content (AvgIpc) is 3.60. The van der Waals surface area contributed by atoms with E-state index in [2.05, 4.69) is 5.32 Å². The highest BCUT2D eigenvalue weighted by atomic mass is 19.4. The molecular formula is C37H38F3N3O8. The molecule has 11 nitrogen and oxygen atoms in total. The van der Waals surface area contributed by atoms with E-state index in [0.717, 1.165) is 17.7 Å². The lowest BCUT2D eigenvalue weighted by molar-refractivity contribution is -0.172. The molecule has 1 fully saturated rings. The summed E-state index contributed by atoms with van der Waals surface area (Å²) in [6, 6.07) is 3.65. The van der Waals surface area contributed by atoms with Crippen LogP contribution in [0.2, 0.25) is 0 Å². The van der Waals surface area contributed by atoms with Gasteiger partial charge in [-0.2, -0.15) is 13.2 Å². The number of fused-ring (bicyclic) bond motifs is 9. The molecule has 270 valence electrons. The van der Waals surface area contributed by atoms with Crippen LogP contribution in [0.25, 0.3) is 6.08 Å². The number of aliphatic hydroxyl groups excluding tert-OH is 1. The van der Waals surface area contributed by atoms with Crippen LogP contribution < -0.4 is 24.3 Å². The number of hydrogen-bond acceptors (Lipinski definition) is 10. The van der Waals surface area contributed by atoms with E-state index in [1.54, 1.807) is 6.92 Å². The zero-order valence-electron chi connectivity index (χ0n) is 31.1. The molecule has 1 saturated heterocycles. The zero-order chi connectivity index (χ0) is 39.0. The number of aryl methyl sites for hydroxylation is 1. The molecule has 7 rings (SSSR count). The lowest BCUT2D eigenvalue weighted by Crippen LogP contribution is -2.69. The molecule has 3 aromatic rings. The molecule has 4 aliphatic rings. The van der Waals surface area contributed by atoms with Crippen molar-refractivity contribution in [1.29, 1.82) is 0 Å². The Bertz CT molecular complexity index is 2060. The number of alkyl halides is 3. The van der Waals surface area contributed by atoms with E-state index < -0.39 is 60.9 Å². The van der Waals surface area contributed by atoms with Crippen LogP contribution in [0.3, 0.4) is 0 Å². The molecule has 0 aliphatic carbocycles. The van der Waals surface area contributed by atoms with Crippen LogP contribution in [0.4, 0.5) is 13.2 Å². The number of benzene rings is 3. The number of nitrogens with zero attached hydrogens (tertiary/aromatic N) is 2. The molecule has 0 radical (unpaired) electrons. The van der Waals surface area contributed by atoms with Gasteiger partial charge in [-0.05, 0) is 68.6 Å². The maximum atomic E-state index is 13.3. The molecule has 0 aromatic heterocycles. The van der Waals surface area contributed by atoms with Gasteiger partial charge in [0.15, 0.2) is 23.0 Å². The summed E-state index contributed by atoms with van der Waals surface area (Å²) in [7, 11) is 3.29. The number of rotatable bonds is 6. The summed E-state index contributed by atoms with van der Waals surface area (Å²) >= 11 is 0. The summed E-state index contributed by atoms with van der Waals surface area (Å²) in [6.45, 7) is -0.0250. The fraction of sp³-hybridized carbons (Fsp3) is 0.405. The molecule has 1 amide bonds. The van der Waals surface area contributed by atoms with Gasteiger partial charge in [0.1, 0.15) is 12.0 Å². The van der Waals surface area contributed by atoms with Crippen molar-refractivity contribution in [3.8, 4) is 28.7 Å². The van der Waals surface area contributed by atoms with Crippen LogP contribution in [0.1, 0.15) is 67.6 Å². The number of hydrogen-bond donors (Lipinski definition) is 3. The Balaban J connectivity index is 1.33. The molecule has 2 bridgehead atoms. The molecule has 3 aromatic carbocycles. The normalized spacial score (nSPS) is 24.9. The number of carbonyl (C=O) groups is 2. The van der Waals surface area contributed by atoms with E-state index in [1.165, 1.54) is 31.4 Å². The molecule has 51 heavy (non-hydrogen) atoms. The second-order valence-corrected chi connectivity index (χ2v) is 13.2. The minimum absolute atomic E-state index is 0.0467. The molecular weight excluding hydrogens is 673 g/mol. The number of halogens is 3. The van der Waals surface area contributed by atoms with Gasteiger partial charge in [-0.1, -0.05) is 18.2 Å². The van der Waals surface area contributed by atoms with Crippen molar-refractivity contribution in [1.82, 2.24) is 15.1 Å². The van der Waals surface area contributed by atoms with Crippen molar-refractivity contribution >= 4 is 18.0 Å². The summed E-state index contributed by atoms with van der Waals surface area (Å²) < 4.78 is 85.3. The number of methoxy groups -OCH3 is 1. The third kappa shape index (κ3) is 5.75. The van der Waals surface area contributed by atoms with Crippen LogP contribution in [0, 0.1) is 13.8 Å². The standard InChI is InChI=1S/C37H38F3N3O8/c1-17-12-21-13-25-36(47)43-24(30(42(25)4)28(21)31(46)32(17)48-5)14-23-29(35-34(49-16-50-35)18(2)33(23)51-19(3)44)26(43)15-41-27(45)11-8-20-6-9-22(10-7-20)37(38,39)40/h6-12,24-26,30,36,46-47H,13-16H2,1-5H3,(H,41,45)/b11-8+/t24-,25-,26-,30-,36-/m0/s1/i3D3,11+1,27+1. The van der Waals surface area contributed by atoms with Crippen molar-refractivity contribution in [2.75, 3.05) is 27.5 Å². The highest BCUT2D eigenvalue weighted by Crippen LogP contribution is 2.58. The van der Waals surface area contributed by atoms with Crippen molar-refractivity contribution in [2.24, 2.45) is 0 Å². The van der Waals surface area contributed by atoms with Crippen LogP contribution in [-0.4, -0.2) is 77.7 Å². The minimum Gasteiger partial charge on any atom is -0.504 e. The fourth-order valence-corrected chi connectivity index (χ4v) is 8.28. The quantitative estimate of drug-likeness (QED) is 0.143. The average molecular weight is 715 g/mol. The first kappa shape index (κ1) is 31.0. The van der Waals surface area contributed by atoms with E-state index in [0.29, 0.717) is 45.6 Å². The highest BCUT2D eigenvalue weighted by molar-refractivity contribution is 5.91. The number of ether oxygens (including phenoxy) is 4. The topological polar surface area (TPSA) is 130 Å². The molecule has 5 atom stereocenters. The van der Waals surface area contributed by atoms with Crippen LogP contribution >= 0.6 is 0 Å². The number of piperazine rings is 1. The number of aliphatic hydroxyl groups is 1. The number of aromatic hydroxyl groups is 1. The van der Waals surface area contributed by atoms with E-state index in [4.69, 9.17) is 23.1 Å². The Labute approximate surface area is 296 Å². The lowest BCUT2D eigenvalue weighted by Gasteiger charge is -2.60. The van der Waals surface area contributed by atoms with Gasteiger partial charge in [-0.15, -0.1) is 0 Å². The number of nitrogens with one attached hydrogen (secondary N) is 1. The molecule has 4 heterocycles. The molecule has 4 aliphatic heterocycles. The summed E-state index contributed by atoms with van der Waals surface area (Å²) in [6.07, 6.45) is -2.67. The van der Waals surface area contributed by atoms with Gasteiger partial charge in [-0.25, -0.2) is 0 Å².